The molecule has 0 aliphatic heterocycles. The normalized spacial score (nSPS) is 18.2. The maximum atomic E-state index is 12.4. The Bertz CT molecular complexity index is 974. The molecule has 0 atom stereocenters. The Morgan fingerprint density at radius 3 is 2.41 bits per heavy atom. The van der Waals surface area contributed by atoms with E-state index in [1.807, 2.05) is 12.1 Å². The monoisotopic (exact) mass is 434 g/mol. The van der Waals surface area contributed by atoms with E-state index in [0.717, 1.165) is 36.8 Å². The van der Waals surface area contributed by atoms with Crippen LogP contribution < -0.4 is 16.2 Å². The molecular weight excluding hydrogens is 404 g/mol. The highest BCUT2D eigenvalue weighted by atomic mass is 16.5. The molecule has 1 aliphatic rings. The number of nitrogen functional groups attached to an aromatic ring is 2. The van der Waals surface area contributed by atoms with Crippen LogP contribution in [0.5, 0.6) is 5.75 Å². The molecular formula is C26H30N2O4. The van der Waals surface area contributed by atoms with Crippen molar-refractivity contribution in [2.75, 3.05) is 18.1 Å². The lowest BCUT2D eigenvalue weighted by molar-refractivity contribution is -0.140. The topological polar surface area (TPSA) is 105 Å². The Labute approximate surface area is 188 Å². The van der Waals surface area contributed by atoms with Crippen LogP contribution in [0.25, 0.3) is 6.08 Å². The van der Waals surface area contributed by atoms with Gasteiger partial charge in [-0.25, -0.2) is 4.79 Å². The number of ether oxygens (including phenoxy) is 2. The molecule has 168 valence electrons. The molecule has 2 aromatic rings. The second kappa shape index (κ2) is 11.2. The number of anilines is 2. The first-order chi connectivity index (χ1) is 15.4. The average molecular weight is 435 g/mol. The number of benzene rings is 2. The lowest BCUT2D eigenvalue weighted by atomic mass is 9.82. The van der Waals surface area contributed by atoms with Crippen molar-refractivity contribution in [3.63, 3.8) is 0 Å². The van der Waals surface area contributed by atoms with E-state index in [1.54, 1.807) is 42.5 Å². The molecule has 0 bridgehead atoms. The van der Waals surface area contributed by atoms with Crippen LogP contribution in [0.15, 0.2) is 61.2 Å². The van der Waals surface area contributed by atoms with Crippen LogP contribution in [-0.4, -0.2) is 18.5 Å². The fraction of sp³-hybridized carbons (Fsp3) is 0.308. The second-order valence-electron chi connectivity index (χ2n) is 8.05. The Morgan fingerprint density at radius 2 is 1.75 bits per heavy atom. The van der Waals surface area contributed by atoms with Crippen molar-refractivity contribution in [2.24, 2.45) is 11.8 Å². The van der Waals surface area contributed by atoms with Crippen LogP contribution in [0.2, 0.25) is 0 Å². The maximum Gasteiger partial charge on any atom is 0.330 e. The van der Waals surface area contributed by atoms with E-state index in [9.17, 15) is 9.59 Å². The first kappa shape index (κ1) is 23.1. The van der Waals surface area contributed by atoms with Gasteiger partial charge in [-0.1, -0.05) is 24.3 Å². The van der Waals surface area contributed by atoms with Crippen molar-refractivity contribution in [2.45, 2.75) is 32.1 Å². The predicted octanol–water partition coefficient (Wildman–Crippen LogP) is 4.55. The molecule has 1 saturated carbocycles. The number of rotatable bonds is 8. The number of hydrogen-bond donors (Lipinski definition) is 2. The molecule has 32 heavy (non-hydrogen) atoms. The molecule has 0 aromatic heterocycles. The van der Waals surface area contributed by atoms with Crippen molar-refractivity contribution >= 4 is 29.4 Å². The zero-order valence-corrected chi connectivity index (χ0v) is 18.2. The Kier molecular flexibility index (Phi) is 8.08. The first-order valence-corrected chi connectivity index (χ1v) is 10.9. The van der Waals surface area contributed by atoms with Crippen molar-refractivity contribution in [1.82, 2.24) is 0 Å². The zero-order chi connectivity index (χ0) is 22.9. The van der Waals surface area contributed by atoms with Gasteiger partial charge in [-0.15, -0.1) is 6.58 Å². The van der Waals surface area contributed by atoms with Crippen LogP contribution in [0.3, 0.4) is 0 Å². The van der Waals surface area contributed by atoms with Crippen molar-refractivity contribution in [3.05, 3.63) is 72.3 Å². The summed E-state index contributed by atoms with van der Waals surface area (Å²) < 4.78 is 10.7. The lowest BCUT2D eigenvalue weighted by Gasteiger charge is -2.24. The fourth-order valence-corrected chi connectivity index (χ4v) is 3.75. The predicted molar refractivity (Wildman–Crippen MR) is 127 cm³/mol. The van der Waals surface area contributed by atoms with E-state index in [-0.39, 0.29) is 18.5 Å². The van der Waals surface area contributed by atoms with Gasteiger partial charge in [0.2, 0.25) is 0 Å². The van der Waals surface area contributed by atoms with E-state index in [4.69, 9.17) is 20.9 Å². The van der Waals surface area contributed by atoms with Gasteiger partial charge in [0.25, 0.3) is 0 Å². The van der Waals surface area contributed by atoms with Gasteiger partial charge in [-0.05, 0) is 73.1 Å². The third kappa shape index (κ3) is 6.74. The summed E-state index contributed by atoms with van der Waals surface area (Å²) in [6.45, 7) is 4.05. The molecule has 0 amide bonds. The molecule has 0 radical (unpaired) electrons. The highest BCUT2D eigenvalue weighted by Crippen LogP contribution is 2.30. The quantitative estimate of drug-likeness (QED) is 0.208. The van der Waals surface area contributed by atoms with E-state index in [1.165, 1.54) is 6.08 Å². The Morgan fingerprint density at radius 1 is 1.03 bits per heavy atom. The third-order valence-electron chi connectivity index (χ3n) is 5.73. The van der Waals surface area contributed by atoms with E-state index in [2.05, 4.69) is 6.58 Å². The molecule has 1 fully saturated rings. The molecule has 0 unspecified atom stereocenters. The summed E-state index contributed by atoms with van der Waals surface area (Å²) in [5.74, 6) is 0.337. The van der Waals surface area contributed by atoms with E-state index < -0.39 is 5.97 Å². The van der Waals surface area contributed by atoms with Crippen LogP contribution in [0.4, 0.5) is 11.4 Å². The van der Waals surface area contributed by atoms with Gasteiger partial charge >= 0.3 is 11.9 Å². The van der Waals surface area contributed by atoms with E-state index in [0.29, 0.717) is 29.5 Å². The smallest absolute Gasteiger partial charge is 0.330 e. The summed E-state index contributed by atoms with van der Waals surface area (Å²) in [6, 6.07) is 12.3. The molecule has 6 heteroatoms. The van der Waals surface area contributed by atoms with Crippen LogP contribution >= 0.6 is 0 Å². The number of esters is 2. The molecule has 0 heterocycles. The fourth-order valence-electron chi connectivity index (χ4n) is 3.75. The number of nitrogens with two attached hydrogens (primary N) is 2. The SMILES string of the molecule is C=CC1CCC(C(=O)Oc2ccc(C=CC(=O)OCCc3ccc(N)cc3N)cc2)CC1. The Hall–Kier alpha value is -3.54. The largest absolute Gasteiger partial charge is 0.462 e. The average Bonchev–Trinajstić information content (AvgIpc) is 2.80. The number of hydrogen-bond acceptors (Lipinski definition) is 6. The highest BCUT2D eigenvalue weighted by Gasteiger charge is 2.26. The maximum absolute atomic E-state index is 12.4. The zero-order valence-electron chi connectivity index (χ0n) is 18.2. The second-order valence-corrected chi connectivity index (χ2v) is 8.05. The molecule has 3 rings (SSSR count). The molecule has 6 nitrogen and oxygen atoms in total. The van der Waals surface area contributed by atoms with Crippen LogP contribution in [0, 0.1) is 11.8 Å². The standard InChI is InChI=1S/C26H30N2O4/c1-2-18-3-8-21(9-4-18)26(30)32-23-12-5-19(6-13-23)7-14-25(29)31-16-15-20-10-11-22(27)17-24(20)28/h2,5-7,10-14,17-18,21H,1,3-4,8-9,15-16,27-28H2. The van der Waals surface area contributed by atoms with E-state index >= 15 is 0 Å². The van der Waals surface area contributed by atoms with Gasteiger partial charge in [0.05, 0.1) is 12.5 Å². The minimum atomic E-state index is -0.440. The van der Waals surface area contributed by atoms with Gasteiger partial charge in [0.1, 0.15) is 5.75 Å². The minimum Gasteiger partial charge on any atom is -0.462 e. The summed E-state index contributed by atoms with van der Waals surface area (Å²) in [5.41, 5.74) is 14.4. The third-order valence-corrected chi connectivity index (χ3v) is 5.73. The van der Waals surface area contributed by atoms with Gasteiger partial charge in [-0.2, -0.15) is 0 Å². The van der Waals surface area contributed by atoms with Gasteiger partial charge < -0.3 is 20.9 Å². The summed E-state index contributed by atoms with van der Waals surface area (Å²) in [4.78, 5) is 24.3. The van der Waals surface area contributed by atoms with Crippen molar-refractivity contribution in [3.8, 4) is 5.75 Å². The number of allylic oxidation sites excluding steroid dienone is 1. The van der Waals surface area contributed by atoms with Crippen molar-refractivity contribution < 1.29 is 19.1 Å². The number of carbonyl (C=O) groups is 2. The summed E-state index contributed by atoms with van der Waals surface area (Å²) in [6.07, 6.45) is 9.15. The van der Waals surface area contributed by atoms with Crippen LogP contribution in [-0.2, 0) is 20.7 Å². The van der Waals surface area contributed by atoms with Crippen LogP contribution in [0.1, 0.15) is 36.8 Å². The highest BCUT2D eigenvalue weighted by molar-refractivity contribution is 5.87. The molecule has 2 aromatic carbocycles. The van der Waals surface area contributed by atoms with Gasteiger partial charge in [-0.3, -0.25) is 4.79 Å². The lowest BCUT2D eigenvalue weighted by Crippen LogP contribution is -2.25. The van der Waals surface area contributed by atoms with Crippen molar-refractivity contribution in [1.29, 1.82) is 0 Å². The Balaban J connectivity index is 1.42. The molecule has 0 spiro atoms. The molecule has 0 saturated heterocycles. The summed E-state index contributed by atoms with van der Waals surface area (Å²) in [5, 5.41) is 0. The molecule has 4 N–H and O–H groups in total. The minimum absolute atomic E-state index is 0.0517. The summed E-state index contributed by atoms with van der Waals surface area (Å²) >= 11 is 0. The number of carbonyl (C=O) groups excluding carboxylic acids is 2. The molecule has 1 aliphatic carbocycles. The van der Waals surface area contributed by atoms with Gasteiger partial charge in [0, 0.05) is 23.9 Å². The summed E-state index contributed by atoms with van der Waals surface area (Å²) in [7, 11) is 0. The first-order valence-electron chi connectivity index (χ1n) is 10.9. The van der Waals surface area contributed by atoms with Gasteiger partial charge in [0.15, 0.2) is 0 Å².